The summed E-state index contributed by atoms with van der Waals surface area (Å²) in [4.78, 5) is 134. The van der Waals surface area contributed by atoms with Crippen LogP contribution in [0.4, 0.5) is 0 Å². The lowest BCUT2D eigenvalue weighted by Crippen LogP contribution is -2.51. The fourth-order valence-electron chi connectivity index (χ4n) is 11.1. The predicted octanol–water partition coefficient (Wildman–Crippen LogP) is 7.80. The molecule has 26 nitrogen and oxygen atoms in total. The number of hydrogen-bond acceptors (Lipinski definition) is 21. The third-order valence-corrected chi connectivity index (χ3v) is 18.4. The second-order valence-electron chi connectivity index (χ2n) is 28.1. The van der Waals surface area contributed by atoms with Crippen LogP contribution in [0.25, 0.3) is 0 Å². The Labute approximate surface area is 629 Å². The average Bonchev–Trinajstić information content (AvgIpc) is 0.834. The number of aryl methyl sites for hydroxylation is 2. The SMILES string of the molecule is COCCOCCOCCOCCOCCOCCOCCC(=O)N(CCC(=O)O)CCC(=O)C[C@H](C(=O)N[C@@H](C)C(=O)Cc1ccc(COC(=O)CCc2ccc([C@@H](C)[C@H](O)[C@@H](C)[C@@H]3C/C=C/C(=O)N[C@H](Cc4ccc(C)c(Cl)c4)C(=O)NCC(C)(C)C(=O)O[C@@H](CC(C)C)C(=O)O3)cc2)cc1)C(C)C. The fourth-order valence-corrected chi connectivity index (χ4v) is 11.3. The van der Waals surface area contributed by atoms with Crippen LogP contribution >= 0.6 is 11.6 Å². The van der Waals surface area contributed by atoms with Crippen molar-refractivity contribution in [2.75, 3.05) is 113 Å². The van der Waals surface area contributed by atoms with Crippen molar-refractivity contribution in [2.24, 2.45) is 29.1 Å². The van der Waals surface area contributed by atoms with Gasteiger partial charge in [-0.25, -0.2) is 4.79 Å². The highest BCUT2D eigenvalue weighted by Gasteiger charge is 2.39. The number of carbonyl (C=O) groups is 10. The van der Waals surface area contributed by atoms with E-state index in [1.807, 2.05) is 64.1 Å². The largest absolute Gasteiger partial charge is 0.481 e. The van der Waals surface area contributed by atoms with Crippen molar-refractivity contribution in [3.05, 3.63) is 117 Å². The van der Waals surface area contributed by atoms with Gasteiger partial charge in [-0.2, -0.15) is 0 Å². The molecule has 1 aliphatic rings. The number of carbonyl (C=O) groups excluding carboxylic acids is 9. The fraction of sp³-hybridized carbons (Fsp3) is 0.620. The van der Waals surface area contributed by atoms with Crippen LogP contribution in [0, 0.1) is 36.0 Å². The normalized spacial score (nSPS) is 17.6. The van der Waals surface area contributed by atoms with Gasteiger partial charge in [-0.1, -0.05) is 120 Å². The smallest absolute Gasteiger partial charge is 0.347 e. The molecule has 0 aliphatic carbocycles. The molecular formula is C79H115ClN4O22. The highest BCUT2D eigenvalue weighted by molar-refractivity contribution is 6.31. The van der Waals surface area contributed by atoms with Gasteiger partial charge < -0.3 is 78.4 Å². The Balaban J connectivity index is 1.21. The summed E-state index contributed by atoms with van der Waals surface area (Å²) in [6.07, 6.45) is -0.614. The number of esters is 3. The van der Waals surface area contributed by atoms with Gasteiger partial charge in [-0.3, -0.25) is 43.2 Å². The molecule has 1 aliphatic heterocycles. The number of cyclic esters (lactones) is 2. The van der Waals surface area contributed by atoms with Crippen LogP contribution < -0.4 is 16.0 Å². The van der Waals surface area contributed by atoms with Crippen molar-refractivity contribution in [1.82, 2.24) is 20.9 Å². The van der Waals surface area contributed by atoms with Gasteiger partial charge in [0.05, 0.1) is 116 Å². The molecule has 8 atom stereocenters. The summed E-state index contributed by atoms with van der Waals surface area (Å²) >= 11 is 6.40. The number of nitrogens with one attached hydrogen (secondary N) is 3. The summed E-state index contributed by atoms with van der Waals surface area (Å²) in [6.45, 7) is 22.1. The van der Waals surface area contributed by atoms with Crippen molar-refractivity contribution in [3.63, 3.8) is 0 Å². The maximum atomic E-state index is 14.0. The third kappa shape index (κ3) is 35.5. The molecule has 106 heavy (non-hydrogen) atoms. The molecular weight excluding hydrogens is 1390 g/mol. The molecule has 5 N–H and O–H groups in total. The first-order valence-corrected chi connectivity index (χ1v) is 37.1. The first kappa shape index (κ1) is 90.9. The van der Waals surface area contributed by atoms with Gasteiger partial charge in [0.15, 0.2) is 11.9 Å². The summed E-state index contributed by atoms with van der Waals surface area (Å²) in [5.74, 6) is -8.03. The highest BCUT2D eigenvalue weighted by Crippen LogP contribution is 2.31. The number of amides is 4. The first-order valence-electron chi connectivity index (χ1n) is 36.7. The second-order valence-corrected chi connectivity index (χ2v) is 28.5. The molecule has 4 amide bonds. The van der Waals surface area contributed by atoms with E-state index in [4.69, 9.17) is 59.0 Å². The Bertz CT molecular complexity index is 3250. The van der Waals surface area contributed by atoms with E-state index < -0.39 is 95.2 Å². The number of benzene rings is 3. The second kappa shape index (κ2) is 49.4. The molecule has 1 heterocycles. The molecule has 0 saturated carbocycles. The van der Waals surface area contributed by atoms with Gasteiger partial charge in [0.25, 0.3) is 0 Å². The van der Waals surface area contributed by atoms with Gasteiger partial charge in [0.2, 0.25) is 23.6 Å². The molecule has 0 saturated heterocycles. The minimum absolute atomic E-state index is 0.00949. The van der Waals surface area contributed by atoms with E-state index in [2.05, 4.69) is 16.0 Å². The van der Waals surface area contributed by atoms with Crippen LogP contribution in [0.2, 0.25) is 5.02 Å². The molecule has 3 aromatic carbocycles. The molecule has 0 radical (unpaired) electrons. The number of carboxylic acids is 1. The lowest BCUT2D eigenvalue weighted by Gasteiger charge is -2.33. The number of nitrogens with zero attached hydrogens (tertiary/aromatic N) is 1. The number of Topliss-reactive ketones (excluding diaryl/α,β-unsaturated/α-hetero) is 2. The molecule has 0 spiro atoms. The van der Waals surface area contributed by atoms with Crippen LogP contribution in [-0.4, -0.2) is 217 Å². The van der Waals surface area contributed by atoms with E-state index in [0.717, 1.165) is 16.7 Å². The van der Waals surface area contributed by atoms with E-state index >= 15 is 0 Å². The number of carboxylic acid groups (broad SMARTS) is 1. The summed E-state index contributed by atoms with van der Waals surface area (Å²) in [6, 6.07) is 17.8. The summed E-state index contributed by atoms with van der Waals surface area (Å²) in [5.41, 5.74) is 3.19. The van der Waals surface area contributed by atoms with Crippen molar-refractivity contribution in [1.29, 1.82) is 0 Å². The monoisotopic (exact) mass is 1510 g/mol. The quantitative estimate of drug-likeness (QED) is 0.0204. The minimum atomic E-state index is -1.30. The zero-order valence-corrected chi connectivity index (χ0v) is 64.5. The summed E-state index contributed by atoms with van der Waals surface area (Å²) < 4.78 is 55.2. The molecule has 0 fully saturated rings. The highest BCUT2D eigenvalue weighted by atomic mass is 35.5. The van der Waals surface area contributed by atoms with Crippen LogP contribution in [0.15, 0.2) is 78.9 Å². The zero-order valence-electron chi connectivity index (χ0n) is 63.8. The van der Waals surface area contributed by atoms with Crippen molar-refractivity contribution >= 4 is 70.7 Å². The summed E-state index contributed by atoms with van der Waals surface area (Å²) in [7, 11) is 1.61. The van der Waals surface area contributed by atoms with Crippen molar-refractivity contribution in [3.8, 4) is 0 Å². The first-order chi connectivity index (χ1) is 50.5. The maximum Gasteiger partial charge on any atom is 0.347 e. The number of rotatable bonds is 48. The van der Waals surface area contributed by atoms with Crippen LogP contribution in [0.3, 0.4) is 0 Å². The Kier molecular flexibility index (Phi) is 42.4. The van der Waals surface area contributed by atoms with E-state index in [-0.39, 0.29) is 133 Å². The molecule has 27 heteroatoms. The van der Waals surface area contributed by atoms with Crippen molar-refractivity contribution < 1.29 is 106 Å². The topological polar surface area (TPSA) is 343 Å². The molecule has 0 unspecified atom stereocenters. The van der Waals surface area contributed by atoms with Crippen LogP contribution in [-0.2, 0) is 121 Å². The van der Waals surface area contributed by atoms with Gasteiger partial charge in [-0.05, 0) is 97.9 Å². The number of aliphatic carboxylic acids is 1. The van der Waals surface area contributed by atoms with Gasteiger partial charge in [-0.15, -0.1) is 0 Å². The Morgan fingerprint density at radius 3 is 1.82 bits per heavy atom. The van der Waals surface area contributed by atoms with Gasteiger partial charge in [0, 0.05) is 88.0 Å². The molecule has 3 aromatic rings. The number of ether oxygens (including phenoxy) is 10. The lowest BCUT2D eigenvalue weighted by atomic mass is 9.84. The van der Waals surface area contributed by atoms with Crippen LogP contribution in [0.5, 0.6) is 0 Å². The number of ketones is 2. The summed E-state index contributed by atoms with van der Waals surface area (Å²) in [5, 5.41) is 30.1. The van der Waals surface area contributed by atoms with E-state index in [9.17, 15) is 58.2 Å². The van der Waals surface area contributed by atoms with Crippen LogP contribution in [0.1, 0.15) is 147 Å². The molecule has 0 bridgehead atoms. The van der Waals surface area contributed by atoms with Gasteiger partial charge in [0.1, 0.15) is 24.5 Å². The van der Waals surface area contributed by atoms with E-state index in [1.54, 1.807) is 79.0 Å². The number of aliphatic hydroxyl groups excluding tert-OH is 1. The lowest BCUT2D eigenvalue weighted by molar-refractivity contribution is -0.180. The molecule has 0 aromatic heterocycles. The van der Waals surface area contributed by atoms with Gasteiger partial charge >= 0.3 is 23.9 Å². The molecule has 4 rings (SSSR count). The van der Waals surface area contributed by atoms with E-state index in [1.165, 1.54) is 17.1 Å². The molecule has 590 valence electrons. The number of aliphatic hydroxyl groups is 1. The average molecular weight is 1510 g/mol. The standard InChI is InChI=1S/C79H115ClN4O22/c1-52(2)45-69-77(95)105-68(13-12-14-70(87)83-66(47-61-16-15-54(5)65(80)46-61)76(94)81-51-79(9,10)78(96)106-69)56(7)74(92)55(6)62-24-21-58(22-25-62)23-26-73(91)104-50-60-19-17-59(18-20-60)48-67(86)57(8)82-75(93)64(53(3)4)49-63(85)27-30-84(31-28-72(89)90)71(88)29-32-98-35-36-100-39-40-102-43-44-103-42-41-101-38-37-99-34-33-97-11/h12,14-22,24-25,46,52-53,55-57,64,66,68-69,74,92H,13,23,26-45,47-51H2,1-11H3,(H,81,94)(H,82,93)(H,83,87)(H,89,90)/b14-12+/t55-,56+,57+,64+,66-,68+,69+,74+/m1/s1. The predicted molar refractivity (Wildman–Crippen MR) is 395 cm³/mol. The Hall–Kier alpha value is -7.53. The number of methoxy groups -OCH3 is 1. The Morgan fingerprint density at radius 2 is 1.25 bits per heavy atom. The zero-order chi connectivity index (χ0) is 78.1. The number of hydrogen-bond donors (Lipinski definition) is 5. The number of halogens is 1. The van der Waals surface area contributed by atoms with E-state index in [0.29, 0.717) is 94.2 Å². The third-order valence-electron chi connectivity index (χ3n) is 18.0. The van der Waals surface area contributed by atoms with Crippen molar-refractivity contribution in [2.45, 2.75) is 176 Å². The minimum Gasteiger partial charge on any atom is -0.481 e. The Morgan fingerprint density at radius 1 is 0.698 bits per heavy atom. The maximum absolute atomic E-state index is 14.0.